The summed E-state index contributed by atoms with van der Waals surface area (Å²) in [5.41, 5.74) is 2.77. The lowest BCUT2D eigenvalue weighted by Crippen LogP contribution is -1.90. The first-order chi connectivity index (χ1) is 6.27. The molecule has 0 unspecified atom stereocenters. The zero-order valence-electron chi connectivity index (χ0n) is 7.82. The predicted octanol–water partition coefficient (Wildman–Crippen LogP) is 4.18. The Morgan fingerprint density at radius 3 is 2.77 bits per heavy atom. The summed E-state index contributed by atoms with van der Waals surface area (Å²) in [6.07, 6.45) is 3.21. The van der Waals surface area contributed by atoms with Crippen molar-refractivity contribution in [1.29, 1.82) is 0 Å². The average molecular weight is 262 g/mol. The van der Waals surface area contributed by atoms with Gasteiger partial charge in [-0.05, 0) is 36.5 Å². The van der Waals surface area contributed by atoms with Gasteiger partial charge in [-0.2, -0.15) is 0 Å². The SMILES string of the molecule is CCc1ccc(Br)c(CCCCl)c1. The zero-order chi connectivity index (χ0) is 9.68. The van der Waals surface area contributed by atoms with Gasteiger partial charge >= 0.3 is 0 Å². The summed E-state index contributed by atoms with van der Waals surface area (Å²) < 4.78 is 1.20. The van der Waals surface area contributed by atoms with Crippen LogP contribution in [0.15, 0.2) is 22.7 Å². The zero-order valence-corrected chi connectivity index (χ0v) is 10.2. The quantitative estimate of drug-likeness (QED) is 0.713. The van der Waals surface area contributed by atoms with Crippen LogP contribution in [-0.4, -0.2) is 5.88 Å². The monoisotopic (exact) mass is 260 g/mol. The number of rotatable bonds is 4. The van der Waals surface area contributed by atoms with Crippen LogP contribution in [0.3, 0.4) is 0 Å². The topological polar surface area (TPSA) is 0 Å². The first-order valence-corrected chi connectivity index (χ1v) is 5.94. The van der Waals surface area contributed by atoms with Crippen molar-refractivity contribution in [1.82, 2.24) is 0 Å². The first-order valence-electron chi connectivity index (χ1n) is 4.61. The third-order valence-electron chi connectivity index (χ3n) is 2.10. The van der Waals surface area contributed by atoms with Crippen LogP contribution >= 0.6 is 27.5 Å². The van der Waals surface area contributed by atoms with E-state index in [0.29, 0.717) is 0 Å². The van der Waals surface area contributed by atoms with Gasteiger partial charge < -0.3 is 0 Å². The summed E-state index contributed by atoms with van der Waals surface area (Å²) in [6, 6.07) is 6.55. The number of benzene rings is 1. The fraction of sp³-hybridized carbons (Fsp3) is 0.455. The van der Waals surface area contributed by atoms with E-state index >= 15 is 0 Å². The lowest BCUT2D eigenvalue weighted by atomic mass is 10.1. The van der Waals surface area contributed by atoms with Crippen LogP contribution in [0, 0.1) is 0 Å². The first kappa shape index (κ1) is 11.1. The third kappa shape index (κ3) is 3.32. The van der Waals surface area contributed by atoms with Gasteiger partial charge in [-0.3, -0.25) is 0 Å². The van der Waals surface area contributed by atoms with Gasteiger partial charge in [0.05, 0.1) is 0 Å². The van der Waals surface area contributed by atoms with Crippen LogP contribution in [0.4, 0.5) is 0 Å². The minimum Gasteiger partial charge on any atom is -0.127 e. The summed E-state index contributed by atoms with van der Waals surface area (Å²) in [7, 11) is 0. The molecular weight excluding hydrogens is 247 g/mol. The lowest BCUT2D eigenvalue weighted by Gasteiger charge is -2.05. The van der Waals surface area contributed by atoms with Crippen LogP contribution in [0.25, 0.3) is 0 Å². The molecule has 0 saturated heterocycles. The molecule has 0 aromatic heterocycles. The molecule has 0 atom stereocenters. The molecule has 0 fully saturated rings. The van der Waals surface area contributed by atoms with Gasteiger partial charge in [0.1, 0.15) is 0 Å². The van der Waals surface area contributed by atoms with Crippen LogP contribution in [0.5, 0.6) is 0 Å². The second-order valence-electron chi connectivity index (χ2n) is 3.07. The van der Waals surface area contributed by atoms with Crippen LogP contribution in [-0.2, 0) is 12.8 Å². The molecule has 0 aliphatic rings. The molecule has 0 aliphatic carbocycles. The van der Waals surface area contributed by atoms with E-state index in [9.17, 15) is 0 Å². The predicted molar refractivity (Wildman–Crippen MR) is 62.6 cm³/mol. The van der Waals surface area contributed by atoms with Gasteiger partial charge in [-0.25, -0.2) is 0 Å². The Morgan fingerprint density at radius 2 is 2.15 bits per heavy atom. The van der Waals surface area contributed by atoms with Crippen molar-refractivity contribution in [3.05, 3.63) is 33.8 Å². The average Bonchev–Trinajstić information content (AvgIpc) is 2.17. The minimum absolute atomic E-state index is 0.739. The Labute approximate surface area is 93.4 Å². The van der Waals surface area contributed by atoms with Gasteiger partial charge in [0.15, 0.2) is 0 Å². The Balaban J connectivity index is 2.78. The Kier molecular flexibility index (Phi) is 4.82. The second-order valence-corrected chi connectivity index (χ2v) is 4.30. The van der Waals surface area contributed by atoms with E-state index in [1.807, 2.05) is 0 Å². The second kappa shape index (κ2) is 5.66. The van der Waals surface area contributed by atoms with Crippen LogP contribution in [0.2, 0.25) is 0 Å². The summed E-state index contributed by atoms with van der Waals surface area (Å²) in [4.78, 5) is 0. The highest BCUT2D eigenvalue weighted by molar-refractivity contribution is 9.10. The third-order valence-corrected chi connectivity index (χ3v) is 3.14. The molecule has 72 valence electrons. The summed E-state index contributed by atoms with van der Waals surface area (Å²) in [6.45, 7) is 2.18. The van der Waals surface area contributed by atoms with Crippen molar-refractivity contribution in [2.45, 2.75) is 26.2 Å². The molecule has 2 heteroatoms. The maximum atomic E-state index is 5.66. The molecule has 1 aromatic rings. The van der Waals surface area contributed by atoms with Crippen LogP contribution in [0.1, 0.15) is 24.5 Å². The van der Waals surface area contributed by atoms with E-state index in [1.54, 1.807) is 0 Å². The maximum Gasteiger partial charge on any atom is 0.0226 e. The fourth-order valence-corrected chi connectivity index (χ4v) is 1.88. The van der Waals surface area contributed by atoms with E-state index in [2.05, 4.69) is 41.1 Å². The molecule has 1 rings (SSSR count). The van der Waals surface area contributed by atoms with Crippen LogP contribution < -0.4 is 0 Å². The van der Waals surface area contributed by atoms with E-state index in [0.717, 1.165) is 25.1 Å². The Bertz CT molecular complexity index is 271. The molecule has 0 bridgehead atoms. The van der Waals surface area contributed by atoms with Crippen molar-refractivity contribution in [3.8, 4) is 0 Å². The Hall–Kier alpha value is -0.0100. The molecule has 0 nitrogen and oxygen atoms in total. The van der Waals surface area contributed by atoms with Gasteiger partial charge in [-0.1, -0.05) is 35.0 Å². The molecule has 0 spiro atoms. The highest BCUT2D eigenvalue weighted by Crippen LogP contribution is 2.20. The molecule has 0 heterocycles. The molecule has 0 N–H and O–H groups in total. The van der Waals surface area contributed by atoms with Crippen molar-refractivity contribution in [2.75, 3.05) is 5.88 Å². The normalized spacial score (nSPS) is 10.4. The molecule has 0 saturated carbocycles. The summed E-state index contributed by atoms with van der Waals surface area (Å²) in [5.74, 6) is 0.739. The number of hydrogen-bond donors (Lipinski definition) is 0. The fourth-order valence-electron chi connectivity index (χ4n) is 1.30. The highest BCUT2D eigenvalue weighted by Gasteiger charge is 2.00. The Morgan fingerprint density at radius 1 is 1.38 bits per heavy atom. The van der Waals surface area contributed by atoms with Crippen molar-refractivity contribution in [3.63, 3.8) is 0 Å². The molecule has 0 amide bonds. The summed E-state index contributed by atoms with van der Waals surface area (Å²) >= 11 is 9.21. The smallest absolute Gasteiger partial charge is 0.0226 e. The molecular formula is C11H14BrCl. The molecule has 0 aliphatic heterocycles. The van der Waals surface area contributed by atoms with Gasteiger partial charge in [0, 0.05) is 10.4 Å². The van der Waals surface area contributed by atoms with E-state index in [1.165, 1.54) is 15.6 Å². The number of hydrogen-bond acceptors (Lipinski definition) is 0. The lowest BCUT2D eigenvalue weighted by molar-refractivity contribution is 0.918. The maximum absolute atomic E-state index is 5.66. The molecule has 0 radical (unpaired) electrons. The molecule has 13 heavy (non-hydrogen) atoms. The number of halogens is 2. The summed E-state index contributed by atoms with van der Waals surface area (Å²) in [5, 5.41) is 0. The van der Waals surface area contributed by atoms with Crippen molar-refractivity contribution >= 4 is 27.5 Å². The van der Waals surface area contributed by atoms with Gasteiger partial charge in [0.2, 0.25) is 0 Å². The van der Waals surface area contributed by atoms with E-state index in [4.69, 9.17) is 11.6 Å². The number of aryl methyl sites for hydroxylation is 2. The molecule has 1 aromatic carbocycles. The van der Waals surface area contributed by atoms with Gasteiger partial charge in [-0.15, -0.1) is 11.6 Å². The van der Waals surface area contributed by atoms with Crippen molar-refractivity contribution < 1.29 is 0 Å². The minimum atomic E-state index is 0.739. The standard InChI is InChI=1S/C11H14BrCl/c1-2-9-5-6-11(12)10(8-9)4-3-7-13/h5-6,8H,2-4,7H2,1H3. The van der Waals surface area contributed by atoms with Crippen molar-refractivity contribution in [2.24, 2.45) is 0 Å². The van der Waals surface area contributed by atoms with E-state index < -0.39 is 0 Å². The largest absolute Gasteiger partial charge is 0.127 e. The van der Waals surface area contributed by atoms with Gasteiger partial charge in [0.25, 0.3) is 0 Å². The van der Waals surface area contributed by atoms with E-state index in [-0.39, 0.29) is 0 Å². The highest BCUT2D eigenvalue weighted by atomic mass is 79.9. The number of alkyl halides is 1.